The molecule has 0 bridgehead atoms. The van der Waals surface area contributed by atoms with Crippen LogP contribution in [-0.4, -0.2) is 108 Å². The summed E-state index contributed by atoms with van der Waals surface area (Å²) in [6, 6.07) is -1.26. The molecular weight excluding hydrogens is 910 g/mol. The molecule has 1 aliphatic carbocycles. The van der Waals surface area contributed by atoms with E-state index in [9.17, 15) is 50.0 Å². The van der Waals surface area contributed by atoms with Gasteiger partial charge in [-0.15, -0.1) is 0 Å². The van der Waals surface area contributed by atoms with Crippen LogP contribution in [0.3, 0.4) is 0 Å². The molecule has 1 aliphatic rings. The van der Waals surface area contributed by atoms with Gasteiger partial charge in [0, 0.05) is 0 Å². The van der Waals surface area contributed by atoms with E-state index in [1.807, 2.05) is 0 Å². The molecule has 0 radical (unpaired) electrons. The molecule has 0 aromatic heterocycles. The van der Waals surface area contributed by atoms with Crippen LogP contribution < -0.4 is 5.32 Å². The minimum absolute atomic E-state index is 0.253. The lowest BCUT2D eigenvalue weighted by atomic mass is 9.85. The average molecular weight is 1020 g/mol. The maximum Gasteiger partial charge on any atom is 0.472 e. The van der Waals surface area contributed by atoms with E-state index in [1.54, 1.807) is 6.08 Å². The van der Waals surface area contributed by atoms with E-state index < -0.39 is 75.2 Å². The number of carbonyl (C=O) groups is 1. The average Bonchev–Trinajstić information content (AvgIpc) is 3.34. The third-order valence-electron chi connectivity index (χ3n) is 13.7. The van der Waals surface area contributed by atoms with Crippen LogP contribution in [-0.2, 0) is 18.4 Å². The van der Waals surface area contributed by atoms with Crippen LogP contribution in [0.1, 0.15) is 251 Å². The quantitative estimate of drug-likeness (QED) is 0.0158. The van der Waals surface area contributed by atoms with Crippen LogP contribution >= 0.6 is 7.82 Å². The Morgan fingerprint density at radius 3 is 1.26 bits per heavy atom. The van der Waals surface area contributed by atoms with Gasteiger partial charge in [-0.2, -0.15) is 0 Å². The van der Waals surface area contributed by atoms with Crippen LogP contribution in [0.5, 0.6) is 0 Å². The van der Waals surface area contributed by atoms with Crippen molar-refractivity contribution in [3.63, 3.8) is 0 Å². The van der Waals surface area contributed by atoms with Crippen molar-refractivity contribution < 1.29 is 59.0 Å². The molecular formula is C56H106NO12P. The number of aliphatic hydroxyl groups is 7. The number of amides is 1. The highest BCUT2D eigenvalue weighted by Gasteiger charge is 2.51. The first-order valence-electron chi connectivity index (χ1n) is 28.5. The Labute approximate surface area is 426 Å². The number of allylic oxidation sites excluding steroid dienone is 5. The van der Waals surface area contributed by atoms with Gasteiger partial charge in [0.2, 0.25) is 5.91 Å². The van der Waals surface area contributed by atoms with Crippen LogP contribution in [0.25, 0.3) is 0 Å². The second kappa shape index (κ2) is 45.0. The number of carbonyl (C=O) groups excluding carboxylic acids is 1. The van der Waals surface area contributed by atoms with Gasteiger partial charge in [-0.1, -0.05) is 237 Å². The molecule has 0 aliphatic heterocycles. The van der Waals surface area contributed by atoms with E-state index in [2.05, 4.69) is 43.5 Å². The maximum atomic E-state index is 13.1. The van der Waals surface area contributed by atoms with Gasteiger partial charge in [-0.25, -0.2) is 4.57 Å². The highest BCUT2D eigenvalue weighted by molar-refractivity contribution is 7.47. The standard InChI is InChI=1S/C56H106NO12P/c1-3-5-7-9-11-13-15-17-19-21-23-24-26-27-29-31-33-35-37-39-41-43-47(58)45-50(60)57-48(46-68-70(66,67)69-56-54(64)52(62)51(61)53(63)55(56)65)49(59)44-42-40-38-36-34-32-30-28-25-22-20-18-16-14-12-10-8-6-4-2/h25,28,34,36,42,44,47-49,51-56,58-59,61-65H,3-24,26-27,29-33,35,37-41,43,45-46H2,1-2H3,(H,57,60)(H,66,67)/b28-25+,36-34+,44-42+. The van der Waals surface area contributed by atoms with Gasteiger partial charge >= 0.3 is 7.82 Å². The van der Waals surface area contributed by atoms with E-state index in [0.717, 1.165) is 44.9 Å². The van der Waals surface area contributed by atoms with Gasteiger partial charge < -0.3 is 46.0 Å². The number of phosphoric ester groups is 1. The topological polar surface area (TPSA) is 226 Å². The smallest absolute Gasteiger partial charge is 0.393 e. The van der Waals surface area contributed by atoms with Crippen molar-refractivity contribution in [1.82, 2.24) is 5.32 Å². The Hall–Kier alpha value is -1.48. The predicted molar refractivity (Wildman–Crippen MR) is 284 cm³/mol. The Morgan fingerprint density at radius 1 is 0.500 bits per heavy atom. The third kappa shape index (κ3) is 35.6. The van der Waals surface area contributed by atoms with Crippen molar-refractivity contribution >= 4 is 13.7 Å². The van der Waals surface area contributed by atoms with Crippen molar-refractivity contribution in [2.45, 2.75) is 306 Å². The summed E-state index contributed by atoms with van der Waals surface area (Å²) in [5, 5.41) is 74.8. The monoisotopic (exact) mass is 1020 g/mol. The normalized spacial score (nSPS) is 22.0. The van der Waals surface area contributed by atoms with Gasteiger partial charge in [0.25, 0.3) is 0 Å². The second-order valence-electron chi connectivity index (χ2n) is 20.3. The van der Waals surface area contributed by atoms with E-state index in [0.29, 0.717) is 19.3 Å². The zero-order valence-corrected chi connectivity index (χ0v) is 45.1. The van der Waals surface area contributed by atoms with E-state index >= 15 is 0 Å². The molecule has 14 heteroatoms. The summed E-state index contributed by atoms with van der Waals surface area (Å²) in [6.07, 6.45) is 40.9. The number of hydrogen-bond donors (Lipinski definition) is 9. The molecule has 8 atom stereocenters. The van der Waals surface area contributed by atoms with Crippen molar-refractivity contribution in [3.05, 3.63) is 36.5 Å². The van der Waals surface area contributed by atoms with E-state index in [-0.39, 0.29) is 6.42 Å². The highest BCUT2D eigenvalue weighted by Crippen LogP contribution is 2.47. The Balaban J connectivity index is 2.44. The molecule has 8 unspecified atom stereocenters. The number of unbranched alkanes of at least 4 members (excludes halogenated alkanes) is 31. The zero-order valence-electron chi connectivity index (χ0n) is 44.2. The zero-order chi connectivity index (χ0) is 51.5. The summed E-state index contributed by atoms with van der Waals surface area (Å²) >= 11 is 0. The predicted octanol–water partition coefficient (Wildman–Crippen LogP) is 11.7. The van der Waals surface area contributed by atoms with E-state index in [1.165, 1.54) is 173 Å². The van der Waals surface area contributed by atoms with Gasteiger partial charge in [-0.05, 0) is 44.9 Å². The van der Waals surface area contributed by atoms with Gasteiger partial charge in [0.1, 0.15) is 36.6 Å². The number of hydrogen-bond acceptors (Lipinski definition) is 11. The first-order valence-corrected chi connectivity index (χ1v) is 30.0. The molecule has 0 aromatic rings. The van der Waals surface area contributed by atoms with Crippen molar-refractivity contribution in [1.29, 1.82) is 0 Å². The fourth-order valence-corrected chi connectivity index (χ4v) is 10.1. The maximum absolute atomic E-state index is 13.1. The molecule has 412 valence electrons. The summed E-state index contributed by atoms with van der Waals surface area (Å²) in [7, 11) is -5.16. The van der Waals surface area contributed by atoms with Gasteiger partial charge in [0.15, 0.2) is 0 Å². The molecule has 1 amide bonds. The van der Waals surface area contributed by atoms with Gasteiger partial charge in [-0.3, -0.25) is 13.8 Å². The fraction of sp³-hybridized carbons (Fsp3) is 0.875. The summed E-state index contributed by atoms with van der Waals surface area (Å²) in [4.78, 5) is 23.6. The molecule has 1 rings (SSSR count). The minimum atomic E-state index is -5.16. The molecule has 13 nitrogen and oxygen atoms in total. The Kier molecular flexibility index (Phi) is 42.7. The molecule has 1 saturated carbocycles. The molecule has 0 aromatic carbocycles. The van der Waals surface area contributed by atoms with Crippen LogP contribution in [0.2, 0.25) is 0 Å². The van der Waals surface area contributed by atoms with Crippen LogP contribution in [0.15, 0.2) is 36.5 Å². The van der Waals surface area contributed by atoms with Crippen LogP contribution in [0.4, 0.5) is 0 Å². The largest absolute Gasteiger partial charge is 0.472 e. The molecule has 9 N–H and O–H groups in total. The Morgan fingerprint density at radius 2 is 0.843 bits per heavy atom. The first-order chi connectivity index (χ1) is 33.8. The SMILES string of the molecule is CCCCCCCCCCC/C=C/CC/C=C/CC/C=C/C(O)C(COP(=O)(O)OC1C(O)C(O)C(O)C(O)C1O)NC(=O)CC(O)CCCCCCCCCCCCCCCCCCCCCCC. The molecule has 0 heterocycles. The third-order valence-corrected chi connectivity index (χ3v) is 14.7. The molecule has 0 saturated heterocycles. The summed E-state index contributed by atoms with van der Waals surface area (Å²) in [5.41, 5.74) is 0. The lowest BCUT2D eigenvalue weighted by molar-refractivity contribution is -0.220. The molecule has 1 fully saturated rings. The number of nitrogens with one attached hydrogen (secondary N) is 1. The highest BCUT2D eigenvalue weighted by atomic mass is 31.2. The fourth-order valence-electron chi connectivity index (χ4n) is 9.10. The Bertz CT molecular complexity index is 1340. The lowest BCUT2D eigenvalue weighted by Gasteiger charge is -2.41. The molecule has 0 spiro atoms. The molecule has 70 heavy (non-hydrogen) atoms. The summed E-state index contributed by atoms with van der Waals surface area (Å²) < 4.78 is 23.0. The van der Waals surface area contributed by atoms with Crippen molar-refractivity contribution in [2.24, 2.45) is 0 Å². The number of aliphatic hydroxyl groups excluding tert-OH is 7. The van der Waals surface area contributed by atoms with E-state index in [4.69, 9.17) is 9.05 Å². The number of phosphoric acid groups is 1. The first kappa shape index (κ1) is 66.5. The van der Waals surface area contributed by atoms with Crippen molar-refractivity contribution in [2.75, 3.05) is 6.61 Å². The number of rotatable bonds is 48. The second-order valence-corrected chi connectivity index (χ2v) is 21.7. The summed E-state index contributed by atoms with van der Waals surface area (Å²) in [6.45, 7) is 3.77. The minimum Gasteiger partial charge on any atom is -0.393 e. The van der Waals surface area contributed by atoms with Crippen LogP contribution in [0, 0.1) is 0 Å². The van der Waals surface area contributed by atoms with Crippen molar-refractivity contribution in [3.8, 4) is 0 Å². The lowest BCUT2D eigenvalue weighted by Crippen LogP contribution is -2.64. The van der Waals surface area contributed by atoms with Gasteiger partial charge in [0.05, 0.1) is 31.3 Å². The summed E-state index contributed by atoms with van der Waals surface area (Å²) in [5.74, 6) is -0.603.